The second-order valence-corrected chi connectivity index (χ2v) is 4.64. The highest BCUT2D eigenvalue weighted by Crippen LogP contribution is 2.34. The fourth-order valence-electron chi connectivity index (χ4n) is 2.48. The molecule has 0 fully saturated rings. The number of nitrogens with two attached hydrogens (primary N) is 1. The summed E-state index contributed by atoms with van der Waals surface area (Å²) < 4.78 is 5.28. The zero-order chi connectivity index (χ0) is 12.1. The van der Waals surface area contributed by atoms with Gasteiger partial charge >= 0.3 is 0 Å². The average molecular weight is 231 g/mol. The maximum atomic E-state index is 6.16. The summed E-state index contributed by atoms with van der Waals surface area (Å²) in [5.41, 5.74) is 8.16. The van der Waals surface area contributed by atoms with Crippen LogP contribution in [0.25, 0.3) is 0 Å². The van der Waals surface area contributed by atoms with E-state index in [1.807, 2.05) is 12.1 Å². The zero-order valence-electron chi connectivity index (χ0n) is 10.5. The van der Waals surface area contributed by atoms with Gasteiger partial charge in [-0.25, -0.2) is 0 Å². The number of hydrogen-bond donors (Lipinski definition) is 1. The first-order chi connectivity index (χ1) is 8.33. The summed E-state index contributed by atoms with van der Waals surface area (Å²) in [5.74, 6) is 1.24. The molecule has 2 nitrogen and oxygen atoms in total. The van der Waals surface area contributed by atoms with Crippen molar-refractivity contribution in [3.05, 3.63) is 35.9 Å². The molecule has 0 spiro atoms. The van der Waals surface area contributed by atoms with E-state index in [9.17, 15) is 0 Å². The predicted molar refractivity (Wildman–Crippen MR) is 72.4 cm³/mol. The zero-order valence-corrected chi connectivity index (χ0v) is 10.5. The van der Waals surface area contributed by atoms with Crippen LogP contribution in [0, 0.1) is 0 Å². The molecule has 0 heterocycles. The van der Waals surface area contributed by atoms with Crippen molar-refractivity contribution in [2.45, 2.75) is 38.0 Å². The Bertz CT molecular complexity index is 398. The topological polar surface area (TPSA) is 35.2 Å². The van der Waals surface area contributed by atoms with Crippen LogP contribution in [0.1, 0.15) is 43.6 Å². The number of methoxy groups -OCH3 is 1. The van der Waals surface area contributed by atoms with E-state index in [1.54, 1.807) is 7.11 Å². The predicted octanol–water partition coefficient (Wildman–Crippen LogP) is 3.88. The van der Waals surface area contributed by atoms with Gasteiger partial charge in [-0.1, -0.05) is 37.1 Å². The average Bonchev–Trinajstić information content (AvgIpc) is 2.30. The van der Waals surface area contributed by atoms with Crippen molar-refractivity contribution in [3.8, 4) is 5.75 Å². The van der Waals surface area contributed by atoms with Gasteiger partial charge in [0.1, 0.15) is 5.75 Å². The number of allylic oxidation sites excluding steroid dienone is 2. The summed E-state index contributed by atoms with van der Waals surface area (Å²) in [6.07, 6.45) is 10.9. The molecule has 2 N–H and O–H groups in total. The third-order valence-corrected chi connectivity index (χ3v) is 3.47. The van der Waals surface area contributed by atoms with Crippen molar-refractivity contribution in [2.75, 3.05) is 12.8 Å². The van der Waals surface area contributed by atoms with Crippen molar-refractivity contribution >= 4 is 5.69 Å². The van der Waals surface area contributed by atoms with Crippen LogP contribution in [0.15, 0.2) is 30.4 Å². The van der Waals surface area contributed by atoms with E-state index in [-0.39, 0.29) is 0 Å². The van der Waals surface area contributed by atoms with Gasteiger partial charge in [0.2, 0.25) is 0 Å². The Balaban J connectivity index is 2.28. The molecule has 1 aromatic carbocycles. The molecule has 17 heavy (non-hydrogen) atoms. The quantitative estimate of drug-likeness (QED) is 0.619. The van der Waals surface area contributed by atoms with Crippen LogP contribution < -0.4 is 10.5 Å². The molecule has 1 atom stereocenters. The molecular formula is C15H21NO. The third kappa shape index (κ3) is 2.82. The van der Waals surface area contributed by atoms with Crippen LogP contribution in [0.2, 0.25) is 0 Å². The standard InChI is InChI=1S/C15H21NO/c1-17-14-11-7-10-13(15(14)16)12-8-5-3-2-4-6-9-12/h5,7-8,10-12H,2-4,6,9,16H2,1H3/b8-5-. The Hall–Kier alpha value is -1.44. The second-order valence-electron chi connectivity index (χ2n) is 4.64. The molecular weight excluding hydrogens is 210 g/mol. The van der Waals surface area contributed by atoms with Crippen LogP contribution in [0.3, 0.4) is 0 Å². The second kappa shape index (κ2) is 5.76. The number of para-hydroxylation sites is 1. The lowest BCUT2D eigenvalue weighted by Crippen LogP contribution is -2.04. The molecule has 0 saturated carbocycles. The van der Waals surface area contributed by atoms with Crippen molar-refractivity contribution < 1.29 is 4.74 Å². The molecule has 92 valence electrons. The number of hydrogen-bond acceptors (Lipinski definition) is 2. The number of benzene rings is 1. The van der Waals surface area contributed by atoms with Crippen LogP contribution in [0.4, 0.5) is 5.69 Å². The number of ether oxygens (including phenoxy) is 1. The molecule has 0 radical (unpaired) electrons. The van der Waals surface area contributed by atoms with Crippen molar-refractivity contribution in [2.24, 2.45) is 0 Å². The fraction of sp³-hybridized carbons (Fsp3) is 0.467. The van der Waals surface area contributed by atoms with Gasteiger partial charge in [0, 0.05) is 5.92 Å². The minimum absolute atomic E-state index is 0.449. The minimum atomic E-state index is 0.449. The molecule has 1 aliphatic carbocycles. The van der Waals surface area contributed by atoms with E-state index in [0.717, 1.165) is 11.4 Å². The Morgan fingerprint density at radius 2 is 2.12 bits per heavy atom. The Morgan fingerprint density at radius 1 is 1.24 bits per heavy atom. The highest BCUT2D eigenvalue weighted by Gasteiger charge is 2.14. The molecule has 2 heteroatoms. The maximum absolute atomic E-state index is 6.16. The van der Waals surface area contributed by atoms with Crippen molar-refractivity contribution in [3.63, 3.8) is 0 Å². The first-order valence-corrected chi connectivity index (χ1v) is 6.42. The lowest BCUT2D eigenvalue weighted by Gasteiger charge is -2.18. The van der Waals surface area contributed by atoms with E-state index in [1.165, 1.54) is 37.7 Å². The van der Waals surface area contributed by atoms with Gasteiger partial charge < -0.3 is 10.5 Å². The van der Waals surface area contributed by atoms with Gasteiger partial charge in [-0.2, -0.15) is 0 Å². The van der Waals surface area contributed by atoms with Crippen molar-refractivity contribution in [1.82, 2.24) is 0 Å². The number of nitrogen functional groups attached to an aromatic ring is 1. The summed E-state index contributed by atoms with van der Waals surface area (Å²) in [5, 5.41) is 0. The summed E-state index contributed by atoms with van der Waals surface area (Å²) >= 11 is 0. The van der Waals surface area contributed by atoms with Gasteiger partial charge in [0.05, 0.1) is 12.8 Å². The number of anilines is 1. The minimum Gasteiger partial charge on any atom is -0.495 e. The summed E-state index contributed by atoms with van der Waals surface area (Å²) in [6, 6.07) is 6.07. The normalized spacial score (nSPS) is 22.5. The Kier molecular flexibility index (Phi) is 4.08. The smallest absolute Gasteiger partial charge is 0.142 e. The first kappa shape index (κ1) is 12.0. The summed E-state index contributed by atoms with van der Waals surface area (Å²) in [6.45, 7) is 0. The molecule has 2 rings (SSSR count). The summed E-state index contributed by atoms with van der Waals surface area (Å²) in [4.78, 5) is 0. The first-order valence-electron chi connectivity index (χ1n) is 6.42. The highest BCUT2D eigenvalue weighted by atomic mass is 16.5. The number of rotatable bonds is 2. The molecule has 1 unspecified atom stereocenters. The monoisotopic (exact) mass is 231 g/mol. The molecule has 0 bridgehead atoms. The fourth-order valence-corrected chi connectivity index (χ4v) is 2.48. The molecule has 0 aromatic heterocycles. The molecule has 0 amide bonds. The van der Waals surface area contributed by atoms with Gasteiger partial charge in [-0.3, -0.25) is 0 Å². The van der Waals surface area contributed by atoms with Crippen LogP contribution in [-0.2, 0) is 0 Å². The molecule has 0 saturated heterocycles. The highest BCUT2D eigenvalue weighted by molar-refractivity contribution is 5.60. The van der Waals surface area contributed by atoms with E-state index in [2.05, 4.69) is 18.2 Å². The lowest BCUT2D eigenvalue weighted by molar-refractivity contribution is 0.416. The van der Waals surface area contributed by atoms with Crippen LogP contribution in [0.5, 0.6) is 5.75 Å². The molecule has 1 aromatic rings. The van der Waals surface area contributed by atoms with Crippen LogP contribution >= 0.6 is 0 Å². The van der Waals surface area contributed by atoms with Gasteiger partial charge in [-0.05, 0) is 30.9 Å². The molecule has 1 aliphatic rings. The van der Waals surface area contributed by atoms with Gasteiger partial charge in [-0.15, -0.1) is 0 Å². The Morgan fingerprint density at radius 3 is 2.94 bits per heavy atom. The molecule has 0 aliphatic heterocycles. The Labute approximate surface area is 103 Å². The third-order valence-electron chi connectivity index (χ3n) is 3.47. The van der Waals surface area contributed by atoms with Crippen LogP contribution in [-0.4, -0.2) is 7.11 Å². The van der Waals surface area contributed by atoms with Gasteiger partial charge in [0.25, 0.3) is 0 Å². The largest absolute Gasteiger partial charge is 0.495 e. The van der Waals surface area contributed by atoms with E-state index < -0.39 is 0 Å². The van der Waals surface area contributed by atoms with Gasteiger partial charge in [0.15, 0.2) is 0 Å². The van der Waals surface area contributed by atoms with E-state index in [4.69, 9.17) is 10.5 Å². The van der Waals surface area contributed by atoms with Crippen molar-refractivity contribution in [1.29, 1.82) is 0 Å². The maximum Gasteiger partial charge on any atom is 0.142 e. The van der Waals surface area contributed by atoms with E-state index >= 15 is 0 Å². The SMILES string of the molecule is COc1cccc(C2/C=C\CCCCC2)c1N. The lowest BCUT2D eigenvalue weighted by atomic mass is 9.89. The summed E-state index contributed by atoms with van der Waals surface area (Å²) in [7, 11) is 1.67. The van der Waals surface area contributed by atoms with E-state index in [0.29, 0.717) is 5.92 Å².